The summed E-state index contributed by atoms with van der Waals surface area (Å²) in [7, 11) is -0.732. The van der Waals surface area contributed by atoms with Gasteiger partial charge in [-0.3, -0.25) is 13.9 Å². The van der Waals surface area contributed by atoms with Crippen molar-refractivity contribution in [3.05, 3.63) is 54.1 Å². The molecular weight excluding hydrogens is 470 g/mol. The molecular formula is C25H35N3O6S. The van der Waals surface area contributed by atoms with Gasteiger partial charge in [0, 0.05) is 13.1 Å². The second kappa shape index (κ2) is 13.0. The Balaban J connectivity index is 2.35. The number of ether oxygens (including phenoxy) is 2. The van der Waals surface area contributed by atoms with Gasteiger partial charge < -0.3 is 19.7 Å². The first-order valence-electron chi connectivity index (χ1n) is 11.4. The highest BCUT2D eigenvalue weighted by atomic mass is 32.2. The second-order valence-electron chi connectivity index (χ2n) is 8.16. The molecule has 0 unspecified atom stereocenters. The molecule has 2 amide bonds. The fraction of sp³-hybridized carbons (Fsp3) is 0.440. The summed E-state index contributed by atoms with van der Waals surface area (Å²) >= 11 is 0. The van der Waals surface area contributed by atoms with Crippen LogP contribution >= 0.6 is 0 Å². The van der Waals surface area contributed by atoms with E-state index < -0.39 is 28.5 Å². The third kappa shape index (κ3) is 8.17. The summed E-state index contributed by atoms with van der Waals surface area (Å²) in [6.45, 7) is 3.81. The maximum absolute atomic E-state index is 13.5. The number of methoxy groups -OCH3 is 2. The van der Waals surface area contributed by atoms with Crippen LogP contribution in [0.4, 0.5) is 5.69 Å². The van der Waals surface area contributed by atoms with Crippen molar-refractivity contribution in [2.75, 3.05) is 37.9 Å². The molecule has 10 heteroatoms. The minimum atomic E-state index is -3.79. The quantitative estimate of drug-likeness (QED) is 0.420. The van der Waals surface area contributed by atoms with Gasteiger partial charge in [0.05, 0.1) is 26.2 Å². The molecule has 0 heterocycles. The number of rotatable bonds is 13. The largest absolute Gasteiger partial charge is 0.497 e. The van der Waals surface area contributed by atoms with Gasteiger partial charge >= 0.3 is 0 Å². The first kappa shape index (κ1) is 28.0. The van der Waals surface area contributed by atoms with Crippen molar-refractivity contribution in [2.45, 2.75) is 39.3 Å². The molecule has 1 N–H and O–H groups in total. The first-order valence-corrected chi connectivity index (χ1v) is 13.3. The molecule has 0 saturated carbocycles. The molecule has 0 radical (unpaired) electrons. The summed E-state index contributed by atoms with van der Waals surface area (Å²) in [6, 6.07) is 12.7. The molecule has 0 aliphatic rings. The van der Waals surface area contributed by atoms with Gasteiger partial charge in [-0.2, -0.15) is 0 Å². The Morgan fingerprint density at radius 3 is 2.26 bits per heavy atom. The van der Waals surface area contributed by atoms with Gasteiger partial charge in [0.1, 0.15) is 24.1 Å². The van der Waals surface area contributed by atoms with Crippen LogP contribution in [0.1, 0.15) is 32.3 Å². The van der Waals surface area contributed by atoms with Crippen molar-refractivity contribution in [1.29, 1.82) is 0 Å². The molecule has 2 aromatic rings. The van der Waals surface area contributed by atoms with E-state index in [1.807, 2.05) is 13.0 Å². The number of hydrogen-bond acceptors (Lipinski definition) is 6. The van der Waals surface area contributed by atoms with Crippen LogP contribution < -0.4 is 19.1 Å². The minimum absolute atomic E-state index is 0.110. The molecule has 0 bridgehead atoms. The molecule has 192 valence electrons. The van der Waals surface area contributed by atoms with E-state index >= 15 is 0 Å². The Morgan fingerprint density at radius 1 is 1.03 bits per heavy atom. The highest BCUT2D eigenvalue weighted by Gasteiger charge is 2.30. The number of benzene rings is 2. The van der Waals surface area contributed by atoms with Crippen LogP contribution in [0.3, 0.4) is 0 Å². The Bertz CT molecular complexity index is 1090. The van der Waals surface area contributed by atoms with Gasteiger partial charge in [0.2, 0.25) is 21.8 Å². The van der Waals surface area contributed by atoms with E-state index in [1.54, 1.807) is 56.5 Å². The minimum Gasteiger partial charge on any atom is -0.497 e. The number of nitrogens with one attached hydrogen (secondary N) is 1. The number of hydrogen-bond donors (Lipinski definition) is 1. The van der Waals surface area contributed by atoms with Crippen LogP contribution in [-0.4, -0.2) is 64.7 Å². The van der Waals surface area contributed by atoms with E-state index in [9.17, 15) is 18.0 Å². The van der Waals surface area contributed by atoms with E-state index in [4.69, 9.17) is 9.47 Å². The van der Waals surface area contributed by atoms with Gasteiger partial charge in [0.15, 0.2) is 0 Å². The van der Waals surface area contributed by atoms with E-state index in [0.717, 1.165) is 29.0 Å². The summed E-state index contributed by atoms with van der Waals surface area (Å²) in [5.41, 5.74) is 1.07. The normalized spacial score (nSPS) is 11.9. The third-order valence-corrected chi connectivity index (χ3v) is 6.66. The van der Waals surface area contributed by atoms with Gasteiger partial charge in [-0.25, -0.2) is 8.42 Å². The van der Waals surface area contributed by atoms with Gasteiger partial charge in [-0.05, 0) is 55.3 Å². The van der Waals surface area contributed by atoms with E-state index in [2.05, 4.69) is 5.32 Å². The van der Waals surface area contributed by atoms with Gasteiger partial charge in [-0.1, -0.05) is 25.5 Å². The zero-order valence-electron chi connectivity index (χ0n) is 21.0. The average Bonchev–Trinajstić information content (AvgIpc) is 2.84. The SMILES string of the molecule is CCCCNC(=O)[C@@H](C)N(Cc1cccc(OC)c1)C(=O)CN(c1ccc(OC)cc1)S(C)(=O)=O. The van der Waals surface area contributed by atoms with Gasteiger partial charge in [-0.15, -0.1) is 0 Å². The molecule has 0 aromatic heterocycles. The molecule has 35 heavy (non-hydrogen) atoms. The Hall–Kier alpha value is -3.27. The highest BCUT2D eigenvalue weighted by Crippen LogP contribution is 2.22. The number of nitrogens with zero attached hydrogens (tertiary/aromatic N) is 2. The summed E-state index contributed by atoms with van der Waals surface area (Å²) in [4.78, 5) is 27.7. The van der Waals surface area contributed by atoms with Crippen LogP contribution in [0.2, 0.25) is 0 Å². The average molecular weight is 506 g/mol. The molecule has 0 aliphatic heterocycles. The topological polar surface area (TPSA) is 105 Å². The van der Waals surface area contributed by atoms with Crippen molar-refractivity contribution in [3.8, 4) is 11.5 Å². The molecule has 1 atom stereocenters. The van der Waals surface area contributed by atoms with Crippen LogP contribution in [0, 0.1) is 0 Å². The van der Waals surface area contributed by atoms with Crippen molar-refractivity contribution in [3.63, 3.8) is 0 Å². The maximum Gasteiger partial charge on any atom is 0.244 e. The van der Waals surface area contributed by atoms with Crippen molar-refractivity contribution in [1.82, 2.24) is 10.2 Å². The van der Waals surface area contributed by atoms with Crippen molar-refractivity contribution < 1.29 is 27.5 Å². The number of carbonyl (C=O) groups excluding carboxylic acids is 2. The Labute approximate surface area is 208 Å². The third-order valence-electron chi connectivity index (χ3n) is 5.52. The van der Waals surface area contributed by atoms with Gasteiger partial charge in [0.25, 0.3) is 0 Å². The van der Waals surface area contributed by atoms with Crippen molar-refractivity contribution >= 4 is 27.5 Å². The number of unbranched alkanes of at least 4 members (excludes halogenated alkanes) is 1. The lowest BCUT2D eigenvalue weighted by Crippen LogP contribution is -2.51. The lowest BCUT2D eigenvalue weighted by atomic mass is 10.1. The number of carbonyl (C=O) groups is 2. The molecule has 2 aromatic carbocycles. The van der Waals surface area contributed by atoms with Crippen LogP contribution in [0.5, 0.6) is 11.5 Å². The number of anilines is 1. The lowest BCUT2D eigenvalue weighted by molar-refractivity contribution is -0.139. The molecule has 0 spiro atoms. The number of sulfonamides is 1. The highest BCUT2D eigenvalue weighted by molar-refractivity contribution is 7.92. The van der Waals surface area contributed by atoms with Crippen LogP contribution in [0.15, 0.2) is 48.5 Å². The molecule has 9 nitrogen and oxygen atoms in total. The standard InChI is InChI=1S/C25H35N3O6S/c1-6-7-15-26-25(30)19(2)27(17-20-9-8-10-23(16-20)34-4)24(29)18-28(35(5,31)32)21-11-13-22(33-3)14-12-21/h8-14,16,19H,6-7,15,17-18H2,1-5H3,(H,26,30)/t19-/m1/s1. The van der Waals surface area contributed by atoms with Crippen molar-refractivity contribution in [2.24, 2.45) is 0 Å². The maximum atomic E-state index is 13.5. The summed E-state index contributed by atoms with van der Waals surface area (Å²) in [6.07, 6.45) is 2.78. The predicted molar refractivity (Wildman–Crippen MR) is 136 cm³/mol. The fourth-order valence-electron chi connectivity index (χ4n) is 3.45. The zero-order valence-corrected chi connectivity index (χ0v) is 21.8. The summed E-state index contributed by atoms with van der Waals surface area (Å²) in [5.74, 6) is 0.369. The smallest absolute Gasteiger partial charge is 0.244 e. The Morgan fingerprint density at radius 2 is 1.69 bits per heavy atom. The molecule has 0 fully saturated rings. The zero-order chi connectivity index (χ0) is 26.0. The van der Waals surface area contributed by atoms with E-state index in [1.165, 1.54) is 12.0 Å². The van der Waals surface area contributed by atoms with E-state index in [-0.39, 0.29) is 12.5 Å². The molecule has 0 aliphatic carbocycles. The number of amides is 2. The summed E-state index contributed by atoms with van der Waals surface area (Å²) < 4.78 is 36.6. The van der Waals surface area contributed by atoms with E-state index in [0.29, 0.717) is 23.7 Å². The summed E-state index contributed by atoms with van der Waals surface area (Å²) in [5, 5.41) is 2.85. The second-order valence-corrected chi connectivity index (χ2v) is 10.1. The fourth-order valence-corrected chi connectivity index (χ4v) is 4.30. The molecule has 2 rings (SSSR count). The lowest BCUT2D eigenvalue weighted by Gasteiger charge is -2.31. The monoisotopic (exact) mass is 505 g/mol. The van der Waals surface area contributed by atoms with Crippen LogP contribution in [-0.2, 0) is 26.2 Å². The molecule has 0 saturated heterocycles. The first-order chi connectivity index (χ1) is 16.6. The van der Waals surface area contributed by atoms with Crippen LogP contribution in [0.25, 0.3) is 0 Å². The predicted octanol–water partition coefficient (Wildman–Crippen LogP) is 2.80. The Kier molecular flexibility index (Phi) is 10.4.